The topological polar surface area (TPSA) is 64.6 Å². The highest BCUT2D eigenvalue weighted by atomic mass is 19.1. The van der Waals surface area contributed by atoms with Crippen LogP contribution in [0.2, 0.25) is 0 Å². The molecule has 0 fully saturated rings. The second kappa shape index (κ2) is 8.08. The van der Waals surface area contributed by atoms with Gasteiger partial charge in [-0.3, -0.25) is 0 Å². The normalized spacial score (nSPS) is 12.7. The number of esters is 1. The lowest BCUT2D eigenvalue weighted by Gasteiger charge is -2.23. The summed E-state index contributed by atoms with van der Waals surface area (Å²) in [6.45, 7) is 8.34. The van der Waals surface area contributed by atoms with E-state index in [2.05, 4.69) is 5.32 Å². The predicted octanol–water partition coefficient (Wildman–Crippen LogP) is 3.35. The van der Waals surface area contributed by atoms with Gasteiger partial charge in [0, 0.05) is 12.5 Å². The number of carbonyl (C=O) groups excluding carboxylic acids is 2. The molecule has 0 bridgehead atoms. The van der Waals surface area contributed by atoms with Crippen LogP contribution < -0.4 is 5.32 Å². The Morgan fingerprint density at radius 1 is 1.12 bits per heavy atom. The molecule has 0 saturated carbocycles. The number of hydrogen-bond donors (Lipinski definition) is 1. The molecule has 0 aliphatic heterocycles. The van der Waals surface area contributed by atoms with Gasteiger partial charge in [0.15, 0.2) is 0 Å². The van der Waals surface area contributed by atoms with Crippen molar-refractivity contribution in [2.45, 2.75) is 58.8 Å². The Hall–Kier alpha value is -2.18. The minimum atomic E-state index is -1.12. The largest absolute Gasteiger partial charge is 0.461 e. The Morgan fingerprint density at radius 2 is 1.67 bits per heavy atom. The molecule has 1 atom stereocenters. The molecule has 1 N–H and O–H groups in total. The van der Waals surface area contributed by atoms with Crippen LogP contribution in [-0.4, -0.2) is 29.8 Å². The Balaban J connectivity index is 2.92. The summed E-state index contributed by atoms with van der Waals surface area (Å²) in [6.07, 6.45) is -1.34. The van der Waals surface area contributed by atoms with E-state index in [0.29, 0.717) is 0 Å². The zero-order valence-corrected chi connectivity index (χ0v) is 14.5. The first-order chi connectivity index (χ1) is 11.0. The number of halogens is 2. The van der Waals surface area contributed by atoms with Gasteiger partial charge in [0.05, 0.1) is 6.10 Å². The molecule has 24 heavy (non-hydrogen) atoms. The first-order valence-corrected chi connectivity index (χ1v) is 7.61. The number of carbonyl (C=O) groups is 2. The summed E-state index contributed by atoms with van der Waals surface area (Å²) in [6, 6.07) is 1.79. The maximum absolute atomic E-state index is 13.3. The van der Waals surface area contributed by atoms with Crippen LogP contribution in [0.25, 0.3) is 0 Å². The highest BCUT2D eigenvalue weighted by Gasteiger charge is 2.26. The summed E-state index contributed by atoms with van der Waals surface area (Å²) >= 11 is 0. The molecule has 0 spiro atoms. The van der Waals surface area contributed by atoms with Crippen molar-refractivity contribution in [3.8, 4) is 0 Å². The molecular weight excluding hydrogens is 320 g/mol. The van der Waals surface area contributed by atoms with Gasteiger partial charge in [-0.25, -0.2) is 18.4 Å². The molecular formula is C17H23F2NO4. The van der Waals surface area contributed by atoms with Crippen molar-refractivity contribution in [2.75, 3.05) is 0 Å². The van der Waals surface area contributed by atoms with Crippen molar-refractivity contribution < 1.29 is 27.8 Å². The van der Waals surface area contributed by atoms with Gasteiger partial charge in [-0.15, -0.1) is 0 Å². The first-order valence-electron chi connectivity index (χ1n) is 7.61. The van der Waals surface area contributed by atoms with Gasteiger partial charge in [-0.2, -0.15) is 0 Å². The van der Waals surface area contributed by atoms with Crippen LogP contribution in [0.4, 0.5) is 13.6 Å². The molecule has 0 aliphatic carbocycles. The third-order valence-electron chi connectivity index (χ3n) is 2.69. The molecule has 0 aromatic heterocycles. The number of nitrogens with one attached hydrogen (secondary N) is 1. The molecule has 0 aliphatic rings. The standard InChI is InChI=1S/C17H23F2NO4/c1-10(2)23-15(21)14(20-16(22)24-17(3,4)5)8-11-6-12(18)9-13(19)7-11/h6-7,9-10,14H,8H2,1-5H3,(H,20,22)/t14-/m0/s1. The van der Waals surface area contributed by atoms with E-state index in [1.165, 1.54) is 0 Å². The molecule has 0 heterocycles. The highest BCUT2D eigenvalue weighted by molar-refractivity contribution is 5.81. The Bertz CT molecular complexity index is 576. The lowest BCUT2D eigenvalue weighted by Crippen LogP contribution is -2.46. The molecule has 1 amide bonds. The number of ether oxygens (including phenoxy) is 2. The average molecular weight is 343 g/mol. The van der Waals surface area contributed by atoms with Crippen molar-refractivity contribution >= 4 is 12.1 Å². The Morgan fingerprint density at radius 3 is 2.12 bits per heavy atom. The maximum Gasteiger partial charge on any atom is 0.408 e. The monoisotopic (exact) mass is 343 g/mol. The number of benzene rings is 1. The molecule has 134 valence electrons. The third-order valence-corrected chi connectivity index (χ3v) is 2.69. The molecule has 1 aromatic rings. The fourth-order valence-electron chi connectivity index (χ4n) is 1.92. The number of rotatable bonds is 5. The average Bonchev–Trinajstić information content (AvgIpc) is 2.33. The van der Waals surface area contributed by atoms with E-state index in [0.717, 1.165) is 18.2 Å². The van der Waals surface area contributed by atoms with E-state index in [-0.39, 0.29) is 12.0 Å². The number of alkyl carbamates (subject to hydrolysis) is 1. The molecule has 0 saturated heterocycles. The van der Waals surface area contributed by atoms with Gasteiger partial charge in [0.25, 0.3) is 0 Å². The minimum Gasteiger partial charge on any atom is -0.461 e. The van der Waals surface area contributed by atoms with Crippen LogP contribution in [0.3, 0.4) is 0 Å². The van der Waals surface area contributed by atoms with E-state index < -0.39 is 41.4 Å². The summed E-state index contributed by atoms with van der Waals surface area (Å²) in [5.41, 5.74) is -0.532. The van der Waals surface area contributed by atoms with Gasteiger partial charge >= 0.3 is 12.1 Å². The first kappa shape index (κ1) is 19.9. The van der Waals surface area contributed by atoms with Gasteiger partial charge in [0.2, 0.25) is 0 Å². The smallest absolute Gasteiger partial charge is 0.408 e. The Kier molecular flexibility index (Phi) is 6.69. The van der Waals surface area contributed by atoms with Gasteiger partial charge in [-0.05, 0) is 52.3 Å². The summed E-state index contributed by atoms with van der Waals surface area (Å²) in [5.74, 6) is -2.24. The Labute approximate surface area is 140 Å². The number of hydrogen-bond acceptors (Lipinski definition) is 4. The van der Waals surface area contributed by atoms with Crippen LogP contribution in [0.15, 0.2) is 18.2 Å². The SMILES string of the molecule is CC(C)OC(=O)[C@H](Cc1cc(F)cc(F)c1)NC(=O)OC(C)(C)C. The second-order valence-electron chi connectivity index (χ2n) is 6.67. The van der Waals surface area contributed by atoms with E-state index in [1.54, 1.807) is 34.6 Å². The maximum atomic E-state index is 13.3. The lowest BCUT2D eigenvalue weighted by molar-refractivity contribution is -0.149. The molecule has 1 aromatic carbocycles. The fraction of sp³-hybridized carbons (Fsp3) is 0.529. The van der Waals surface area contributed by atoms with Crippen LogP contribution in [0.1, 0.15) is 40.2 Å². The van der Waals surface area contributed by atoms with Crippen LogP contribution in [0, 0.1) is 11.6 Å². The quantitative estimate of drug-likeness (QED) is 0.833. The van der Waals surface area contributed by atoms with E-state index in [4.69, 9.17) is 9.47 Å². The highest BCUT2D eigenvalue weighted by Crippen LogP contribution is 2.13. The van der Waals surface area contributed by atoms with Crippen molar-refractivity contribution in [2.24, 2.45) is 0 Å². The van der Waals surface area contributed by atoms with Gasteiger partial charge in [0.1, 0.15) is 23.3 Å². The minimum absolute atomic E-state index is 0.126. The van der Waals surface area contributed by atoms with Gasteiger partial charge < -0.3 is 14.8 Å². The van der Waals surface area contributed by atoms with Crippen LogP contribution in [0.5, 0.6) is 0 Å². The van der Waals surface area contributed by atoms with Gasteiger partial charge in [-0.1, -0.05) is 0 Å². The van der Waals surface area contributed by atoms with E-state index in [9.17, 15) is 18.4 Å². The van der Waals surface area contributed by atoms with Crippen molar-refractivity contribution in [1.82, 2.24) is 5.32 Å². The van der Waals surface area contributed by atoms with Crippen LogP contribution in [-0.2, 0) is 20.7 Å². The molecule has 5 nitrogen and oxygen atoms in total. The van der Waals surface area contributed by atoms with E-state index >= 15 is 0 Å². The third kappa shape index (κ3) is 7.39. The molecule has 0 unspecified atom stereocenters. The molecule has 1 rings (SSSR count). The zero-order valence-electron chi connectivity index (χ0n) is 14.5. The number of amides is 1. The summed E-state index contributed by atoms with van der Waals surface area (Å²) in [4.78, 5) is 24.0. The van der Waals surface area contributed by atoms with Crippen molar-refractivity contribution in [1.29, 1.82) is 0 Å². The van der Waals surface area contributed by atoms with Crippen molar-refractivity contribution in [3.63, 3.8) is 0 Å². The summed E-state index contributed by atoms with van der Waals surface area (Å²) in [7, 11) is 0. The fourth-order valence-corrected chi connectivity index (χ4v) is 1.92. The van der Waals surface area contributed by atoms with E-state index in [1.807, 2.05) is 0 Å². The molecule has 0 radical (unpaired) electrons. The molecule has 7 heteroatoms. The predicted molar refractivity (Wildman–Crippen MR) is 84.4 cm³/mol. The summed E-state index contributed by atoms with van der Waals surface area (Å²) < 4.78 is 36.8. The summed E-state index contributed by atoms with van der Waals surface area (Å²) in [5, 5.41) is 2.39. The lowest BCUT2D eigenvalue weighted by atomic mass is 10.1. The zero-order chi connectivity index (χ0) is 18.5. The second-order valence-corrected chi connectivity index (χ2v) is 6.67. The van der Waals surface area contributed by atoms with Crippen molar-refractivity contribution in [3.05, 3.63) is 35.4 Å². The van der Waals surface area contributed by atoms with Crippen LogP contribution >= 0.6 is 0 Å².